The Bertz CT molecular complexity index is 609. The second-order valence-electron chi connectivity index (χ2n) is 6.58. The Labute approximate surface area is 139 Å². The molecule has 0 unspecified atom stereocenters. The summed E-state index contributed by atoms with van der Waals surface area (Å²) >= 11 is 5.78. The zero-order valence-electron chi connectivity index (χ0n) is 13.3. The van der Waals surface area contributed by atoms with E-state index in [0.29, 0.717) is 5.69 Å². The molecule has 0 saturated heterocycles. The van der Waals surface area contributed by atoms with Crippen LogP contribution in [-0.4, -0.2) is 28.7 Å². The average Bonchev–Trinajstić information content (AvgIpc) is 2.35. The van der Waals surface area contributed by atoms with Gasteiger partial charge in [-0.2, -0.15) is 0 Å². The number of alkyl carbamates (subject to hydrolysis) is 1. The first-order valence-electron chi connectivity index (χ1n) is 7.34. The van der Waals surface area contributed by atoms with Gasteiger partial charge < -0.3 is 15.4 Å². The lowest BCUT2D eigenvalue weighted by atomic mass is 9.86. The fourth-order valence-electron chi connectivity index (χ4n) is 2.31. The average molecular weight is 342 g/mol. The number of anilines is 1. The fraction of sp³-hybridized carbons (Fsp3) is 0.533. The molecule has 0 radical (unpaired) electrons. The number of amides is 1. The highest BCUT2D eigenvalue weighted by atomic mass is 35.5. The number of carbonyl (C=O) groups excluding carboxylic acids is 1. The van der Waals surface area contributed by atoms with Gasteiger partial charge in [0.25, 0.3) is 5.69 Å². The summed E-state index contributed by atoms with van der Waals surface area (Å²) in [4.78, 5) is 22.0. The SMILES string of the molecule is CC(C)(C)OC(=O)NC1CC(Nc2ccc(Cl)c([N+](=O)[O-])c2)C1. The van der Waals surface area contributed by atoms with E-state index in [0.717, 1.165) is 12.8 Å². The Morgan fingerprint density at radius 1 is 1.35 bits per heavy atom. The largest absolute Gasteiger partial charge is 0.444 e. The molecule has 1 aromatic rings. The van der Waals surface area contributed by atoms with Crippen LogP contribution in [0.2, 0.25) is 5.02 Å². The van der Waals surface area contributed by atoms with Crippen molar-refractivity contribution >= 4 is 29.1 Å². The molecule has 23 heavy (non-hydrogen) atoms. The molecule has 7 nitrogen and oxygen atoms in total. The maximum absolute atomic E-state index is 11.6. The lowest BCUT2D eigenvalue weighted by molar-refractivity contribution is -0.384. The zero-order chi connectivity index (χ0) is 17.2. The van der Waals surface area contributed by atoms with Crippen molar-refractivity contribution in [3.8, 4) is 0 Å². The van der Waals surface area contributed by atoms with E-state index in [2.05, 4.69) is 10.6 Å². The number of carbonyl (C=O) groups is 1. The summed E-state index contributed by atoms with van der Waals surface area (Å²) in [5.74, 6) is 0. The Morgan fingerprint density at radius 2 is 2.00 bits per heavy atom. The molecule has 0 aliphatic heterocycles. The summed E-state index contributed by atoms with van der Waals surface area (Å²) < 4.78 is 5.19. The van der Waals surface area contributed by atoms with Gasteiger partial charge in [-0.05, 0) is 45.7 Å². The number of nitro groups is 1. The van der Waals surface area contributed by atoms with Gasteiger partial charge in [-0.15, -0.1) is 0 Å². The van der Waals surface area contributed by atoms with E-state index in [1.807, 2.05) is 20.8 Å². The van der Waals surface area contributed by atoms with Crippen molar-refractivity contribution < 1.29 is 14.5 Å². The van der Waals surface area contributed by atoms with Crippen molar-refractivity contribution in [2.75, 3.05) is 5.32 Å². The van der Waals surface area contributed by atoms with E-state index >= 15 is 0 Å². The monoisotopic (exact) mass is 341 g/mol. The topological polar surface area (TPSA) is 93.5 Å². The Balaban J connectivity index is 1.81. The molecule has 2 rings (SSSR count). The first-order valence-corrected chi connectivity index (χ1v) is 7.72. The van der Waals surface area contributed by atoms with Crippen molar-refractivity contribution in [3.63, 3.8) is 0 Å². The third-order valence-electron chi connectivity index (χ3n) is 3.37. The quantitative estimate of drug-likeness (QED) is 0.643. The van der Waals surface area contributed by atoms with E-state index in [1.54, 1.807) is 6.07 Å². The van der Waals surface area contributed by atoms with Gasteiger partial charge in [0.1, 0.15) is 10.6 Å². The molecule has 1 amide bonds. The fourth-order valence-corrected chi connectivity index (χ4v) is 2.49. The maximum atomic E-state index is 11.6. The van der Waals surface area contributed by atoms with Gasteiger partial charge in [0, 0.05) is 23.8 Å². The number of hydrogen-bond donors (Lipinski definition) is 2. The number of nitro benzene ring substituents is 1. The minimum atomic E-state index is -0.520. The van der Waals surface area contributed by atoms with Crippen LogP contribution in [0.4, 0.5) is 16.2 Å². The summed E-state index contributed by atoms with van der Waals surface area (Å²) in [5, 5.41) is 17.0. The first kappa shape index (κ1) is 17.3. The number of nitrogens with zero attached hydrogens (tertiary/aromatic N) is 1. The van der Waals surface area contributed by atoms with Gasteiger partial charge in [-0.1, -0.05) is 11.6 Å². The van der Waals surface area contributed by atoms with Crippen LogP contribution in [0, 0.1) is 10.1 Å². The van der Waals surface area contributed by atoms with Crippen LogP contribution in [0.25, 0.3) is 0 Å². The first-order chi connectivity index (χ1) is 10.6. The van der Waals surface area contributed by atoms with Gasteiger partial charge in [-0.3, -0.25) is 10.1 Å². The Morgan fingerprint density at radius 3 is 2.57 bits per heavy atom. The number of rotatable bonds is 4. The molecule has 0 spiro atoms. The number of ether oxygens (including phenoxy) is 1. The van der Waals surface area contributed by atoms with E-state index in [1.165, 1.54) is 12.1 Å². The second kappa shape index (κ2) is 6.62. The van der Waals surface area contributed by atoms with Crippen LogP contribution in [0.1, 0.15) is 33.6 Å². The minimum absolute atomic E-state index is 0.0460. The molecule has 0 atom stereocenters. The van der Waals surface area contributed by atoms with E-state index < -0.39 is 16.6 Å². The summed E-state index contributed by atoms with van der Waals surface area (Å²) in [6.07, 6.45) is 1.04. The summed E-state index contributed by atoms with van der Waals surface area (Å²) in [7, 11) is 0. The maximum Gasteiger partial charge on any atom is 0.407 e. The molecule has 1 aromatic carbocycles. The highest BCUT2D eigenvalue weighted by Crippen LogP contribution is 2.30. The molecule has 1 aliphatic rings. The highest BCUT2D eigenvalue weighted by molar-refractivity contribution is 6.32. The molecule has 1 fully saturated rings. The van der Waals surface area contributed by atoms with E-state index in [4.69, 9.17) is 16.3 Å². The van der Waals surface area contributed by atoms with Crippen molar-refractivity contribution in [2.24, 2.45) is 0 Å². The Hall–Kier alpha value is -2.02. The minimum Gasteiger partial charge on any atom is -0.444 e. The van der Waals surface area contributed by atoms with Gasteiger partial charge in [0.05, 0.1) is 4.92 Å². The van der Waals surface area contributed by atoms with E-state index in [-0.39, 0.29) is 22.8 Å². The number of nitrogens with one attached hydrogen (secondary N) is 2. The predicted octanol–water partition coefficient (Wildman–Crippen LogP) is 3.72. The normalized spacial score (nSPS) is 20.3. The van der Waals surface area contributed by atoms with Crippen LogP contribution in [-0.2, 0) is 4.74 Å². The van der Waals surface area contributed by atoms with Gasteiger partial charge in [-0.25, -0.2) is 4.79 Å². The van der Waals surface area contributed by atoms with Gasteiger partial charge in [0.15, 0.2) is 0 Å². The Kier molecular flexibility index (Phi) is 4.99. The molecule has 126 valence electrons. The number of benzene rings is 1. The standard InChI is InChI=1S/C15H20ClN3O4/c1-15(2,3)23-14(20)18-11-6-10(7-11)17-9-4-5-12(16)13(8-9)19(21)22/h4-5,8,10-11,17H,6-7H2,1-3H3,(H,18,20). The molecule has 0 heterocycles. The van der Waals surface area contributed by atoms with Gasteiger partial charge >= 0.3 is 6.09 Å². The number of halogens is 1. The van der Waals surface area contributed by atoms with Crippen molar-refractivity contribution in [1.82, 2.24) is 5.32 Å². The summed E-state index contributed by atoms with van der Waals surface area (Å²) in [6, 6.07) is 4.80. The number of hydrogen-bond acceptors (Lipinski definition) is 5. The second-order valence-corrected chi connectivity index (χ2v) is 6.99. The van der Waals surface area contributed by atoms with Crippen LogP contribution in [0.3, 0.4) is 0 Å². The van der Waals surface area contributed by atoms with E-state index in [9.17, 15) is 14.9 Å². The van der Waals surface area contributed by atoms with Crippen LogP contribution in [0.5, 0.6) is 0 Å². The predicted molar refractivity (Wildman–Crippen MR) is 87.9 cm³/mol. The van der Waals surface area contributed by atoms with Crippen LogP contribution < -0.4 is 10.6 Å². The van der Waals surface area contributed by atoms with Crippen molar-refractivity contribution in [2.45, 2.75) is 51.3 Å². The lowest BCUT2D eigenvalue weighted by Crippen LogP contribution is -2.50. The molecule has 0 aromatic heterocycles. The molecule has 2 N–H and O–H groups in total. The summed E-state index contributed by atoms with van der Waals surface area (Å²) in [6.45, 7) is 5.43. The molecular formula is C15H20ClN3O4. The van der Waals surface area contributed by atoms with Crippen LogP contribution in [0.15, 0.2) is 18.2 Å². The van der Waals surface area contributed by atoms with Crippen molar-refractivity contribution in [3.05, 3.63) is 33.3 Å². The molecule has 8 heteroatoms. The highest BCUT2D eigenvalue weighted by Gasteiger charge is 2.31. The molecule has 0 bridgehead atoms. The molecule has 1 aliphatic carbocycles. The molecule has 1 saturated carbocycles. The lowest BCUT2D eigenvalue weighted by Gasteiger charge is -2.37. The third kappa shape index (κ3) is 4.99. The smallest absolute Gasteiger partial charge is 0.407 e. The molecular weight excluding hydrogens is 322 g/mol. The van der Waals surface area contributed by atoms with Crippen LogP contribution >= 0.6 is 11.6 Å². The summed E-state index contributed by atoms with van der Waals surface area (Å²) in [5.41, 5.74) is -0.00508. The van der Waals surface area contributed by atoms with Crippen molar-refractivity contribution in [1.29, 1.82) is 0 Å². The third-order valence-corrected chi connectivity index (χ3v) is 3.69. The van der Waals surface area contributed by atoms with Gasteiger partial charge in [0.2, 0.25) is 0 Å². The zero-order valence-corrected chi connectivity index (χ0v) is 14.0.